The number of rotatable bonds is 7. The molecule has 23 heavy (non-hydrogen) atoms. The molecule has 0 heterocycles. The van der Waals surface area contributed by atoms with E-state index in [1.54, 1.807) is 19.2 Å². The Kier molecular flexibility index (Phi) is 7.89. The van der Waals surface area contributed by atoms with Crippen LogP contribution in [-0.2, 0) is 4.79 Å². The van der Waals surface area contributed by atoms with Gasteiger partial charge in [0.25, 0.3) is 0 Å². The Morgan fingerprint density at radius 3 is 2.35 bits per heavy atom. The largest absolute Gasteiger partial charge is 0.355 e. The Balaban J connectivity index is 2.67. The molecule has 0 fully saturated rings. The second-order valence-electron chi connectivity index (χ2n) is 5.93. The zero-order chi connectivity index (χ0) is 17.4. The van der Waals surface area contributed by atoms with Crippen molar-refractivity contribution in [1.29, 1.82) is 0 Å². The van der Waals surface area contributed by atoms with E-state index in [-0.39, 0.29) is 30.4 Å². The standard InChI is InChI=1S/C17H26ClN3O2/c1-5-10-19-15(22)11-21(4)17(23)20-16(12(2)3)13-6-8-14(18)9-7-13/h6-9,12,16H,5,10-11H2,1-4H3,(H,19,22)(H,20,23)/t16-/m1/s1. The quantitative estimate of drug-likeness (QED) is 0.801. The van der Waals surface area contributed by atoms with Crippen LogP contribution in [0.1, 0.15) is 38.8 Å². The number of halogens is 1. The van der Waals surface area contributed by atoms with Crippen LogP contribution in [0, 0.1) is 5.92 Å². The van der Waals surface area contributed by atoms with Crippen LogP contribution in [0.5, 0.6) is 0 Å². The summed E-state index contributed by atoms with van der Waals surface area (Å²) in [5.74, 6) is 0.0551. The third kappa shape index (κ3) is 6.48. The summed E-state index contributed by atoms with van der Waals surface area (Å²) < 4.78 is 0. The molecule has 1 aromatic carbocycles. The molecular weight excluding hydrogens is 314 g/mol. The first-order valence-corrected chi connectivity index (χ1v) is 8.26. The van der Waals surface area contributed by atoms with Gasteiger partial charge in [-0.1, -0.05) is 44.5 Å². The Morgan fingerprint density at radius 2 is 1.83 bits per heavy atom. The minimum Gasteiger partial charge on any atom is -0.355 e. The van der Waals surface area contributed by atoms with Crippen molar-refractivity contribution in [2.24, 2.45) is 5.92 Å². The maximum atomic E-state index is 12.3. The fourth-order valence-electron chi connectivity index (χ4n) is 2.16. The predicted octanol–water partition coefficient (Wildman–Crippen LogP) is 3.20. The maximum absolute atomic E-state index is 12.3. The lowest BCUT2D eigenvalue weighted by atomic mass is 9.96. The van der Waals surface area contributed by atoms with Crippen LogP contribution in [0.3, 0.4) is 0 Å². The summed E-state index contributed by atoms with van der Waals surface area (Å²) in [6.07, 6.45) is 0.869. The number of carbonyl (C=O) groups excluding carboxylic acids is 2. The number of hydrogen-bond donors (Lipinski definition) is 2. The molecule has 0 radical (unpaired) electrons. The van der Waals surface area contributed by atoms with E-state index in [2.05, 4.69) is 10.6 Å². The second kappa shape index (κ2) is 9.40. The smallest absolute Gasteiger partial charge is 0.318 e. The molecule has 0 saturated carbocycles. The summed E-state index contributed by atoms with van der Waals surface area (Å²) in [4.78, 5) is 25.4. The van der Waals surface area contributed by atoms with Gasteiger partial charge in [-0.25, -0.2) is 4.79 Å². The summed E-state index contributed by atoms with van der Waals surface area (Å²) in [7, 11) is 1.61. The number of hydrogen-bond acceptors (Lipinski definition) is 2. The highest BCUT2D eigenvalue weighted by Crippen LogP contribution is 2.23. The molecule has 5 nitrogen and oxygen atoms in total. The average molecular weight is 340 g/mol. The van der Waals surface area contributed by atoms with E-state index in [9.17, 15) is 9.59 Å². The van der Waals surface area contributed by atoms with Crippen LogP contribution in [0.2, 0.25) is 5.02 Å². The molecule has 1 rings (SSSR count). The van der Waals surface area contributed by atoms with E-state index in [0.29, 0.717) is 11.6 Å². The highest BCUT2D eigenvalue weighted by molar-refractivity contribution is 6.30. The molecule has 0 aliphatic rings. The number of carbonyl (C=O) groups is 2. The molecule has 0 aliphatic heterocycles. The van der Waals surface area contributed by atoms with Gasteiger partial charge in [0, 0.05) is 18.6 Å². The number of likely N-dealkylation sites (N-methyl/N-ethyl adjacent to an activating group) is 1. The number of nitrogens with zero attached hydrogens (tertiary/aromatic N) is 1. The van der Waals surface area contributed by atoms with E-state index >= 15 is 0 Å². The highest BCUT2D eigenvalue weighted by atomic mass is 35.5. The lowest BCUT2D eigenvalue weighted by molar-refractivity contribution is -0.121. The van der Waals surface area contributed by atoms with Crippen molar-refractivity contribution in [3.05, 3.63) is 34.9 Å². The third-order valence-corrected chi connectivity index (χ3v) is 3.73. The van der Waals surface area contributed by atoms with Crippen LogP contribution in [-0.4, -0.2) is 37.0 Å². The summed E-state index contributed by atoms with van der Waals surface area (Å²) in [5, 5.41) is 6.39. The molecule has 1 aromatic rings. The van der Waals surface area contributed by atoms with Gasteiger partial charge in [-0.05, 0) is 30.0 Å². The van der Waals surface area contributed by atoms with Crippen LogP contribution in [0.15, 0.2) is 24.3 Å². The van der Waals surface area contributed by atoms with Crippen molar-refractivity contribution in [3.63, 3.8) is 0 Å². The van der Waals surface area contributed by atoms with Gasteiger partial charge in [0.2, 0.25) is 5.91 Å². The van der Waals surface area contributed by atoms with Crippen molar-refractivity contribution in [3.8, 4) is 0 Å². The average Bonchev–Trinajstić information content (AvgIpc) is 2.51. The van der Waals surface area contributed by atoms with Crippen molar-refractivity contribution in [2.45, 2.75) is 33.2 Å². The molecule has 1 atom stereocenters. The molecule has 0 aliphatic carbocycles. The van der Waals surface area contributed by atoms with Gasteiger partial charge in [0.15, 0.2) is 0 Å². The molecule has 2 N–H and O–H groups in total. The molecule has 0 spiro atoms. The number of urea groups is 1. The Labute approximate surface area is 143 Å². The van der Waals surface area contributed by atoms with Crippen LogP contribution >= 0.6 is 11.6 Å². The minimum atomic E-state index is -0.273. The first-order chi connectivity index (χ1) is 10.8. The van der Waals surface area contributed by atoms with Crippen molar-refractivity contribution in [2.75, 3.05) is 20.1 Å². The normalized spacial score (nSPS) is 11.9. The molecule has 6 heteroatoms. The lowest BCUT2D eigenvalue weighted by Gasteiger charge is -2.26. The Bertz CT molecular complexity index is 517. The molecule has 3 amide bonds. The van der Waals surface area contributed by atoms with Gasteiger partial charge in [-0.3, -0.25) is 4.79 Å². The monoisotopic (exact) mass is 339 g/mol. The van der Waals surface area contributed by atoms with Crippen LogP contribution in [0.4, 0.5) is 4.79 Å². The fraction of sp³-hybridized carbons (Fsp3) is 0.529. The van der Waals surface area contributed by atoms with Crippen molar-refractivity contribution < 1.29 is 9.59 Å². The summed E-state index contributed by atoms with van der Waals surface area (Å²) in [5.41, 5.74) is 0.988. The number of nitrogens with one attached hydrogen (secondary N) is 2. The maximum Gasteiger partial charge on any atom is 0.318 e. The Morgan fingerprint density at radius 1 is 1.22 bits per heavy atom. The van der Waals surface area contributed by atoms with Crippen molar-refractivity contribution in [1.82, 2.24) is 15.5 Å². The summed E-state index contributed by atoms with van der Waals surface area (Å²) in [6.45, 7) is 6.71. The van der Waals surface area contributed by atoms with E-state index in [1.165, 1.54) is 4.90 Å². The van der Waals surface area contributed by atoms with Gasteiger partial charge >= 0.3 is 6.03 Å². The van der Waals surface area contributed by atoms with Gasteiger partial charge in [0.1, 0.15) is 6.54 Å². The summed E-state index contributed by atoms with van der Waals surface area (Å²) in [6, 6.07) is 7.01. The lowest BCUT2D eigenvalue weighted by Crippen LogP contribution is -2.45. The zero-order valence-corrected chi connectivity index (χ0v) is 15.0. The van der Waals surface area contributed by atoms with Crippen LogP contribution in [0.25, 0.3) is 0 Å². The summed E-state index contributed by atoms with van der Waals surface area (Å²) >= 11 is 5.91. The van der Waals surface area contributed by atoms with Gasteiger partial charge in [0.05, 0.1) is 6.04 Å². The molecule has 0 saturated heterocycles. The third-order valence-electron chi connectivity index (χ3n) is 3.47. The number of amides is 3. The van der Waals surface area contributed by atoms with Gasteiger partial charge in [-0.2, -0.15) is 0 Å². The molecule has 0 unspecified atom stereocenters. The van der Waals surface area contributed by atoms with Gasteiger partial charge in [-0.15, -0.1) is 0 Å². The highest BCUT2D eigenvalue weighted by Gasteiger charge is 2.21. The zero-order valence-electron chi connectivity index (χ0n) is 14.2. The first kappa shape index (κ1) is 19.3. The van der Waals surface area contributed by atoms with E-state index < -0.39 is 0 Å². The minimum absolute atomic E-state index is 0.0390. The van der Waals surface area contributed by atoms with Crippen molar-refractivity contribution >= 4 is 23.5 Å². The SMILES string of the molecule is CCCNC(=O)CN(C)C(=O)N[C@@H](c1ccc(Cl)cc1)C(C)C. The van der Waals surface area contributed by atoms with E-state index in [0.717, 1.165) is 12.0 Å². The van der Waals surface area contributed by atoms with E-state index in [4.69, 9.17) is 11.6 Å². The van der Waals surface area contributed by atoms with E-state index in [1.807, 2.05) is 32.9 Å². The van der Waals surface area contributed by atoms with Gasteiger partial charge < -0.3 is 15.5 Å². The Hall–Kier alpha value is -1.75. The fourth-order valence-corrected chi connectivity index (χ4v) is 2.28. The first-order valence-electron chi connectivity index (χ1n) is 7.89. The molecule has 128 valence electrons. The molecule has 0 aromatic heterocycles. The predicted molar refractivity (Wildman–Crippen MR) is 93.5 cm³/mol. The topological polar surface area (TPSA) is 61.4 Å². The number of benzene rings is 1. The molecular formula is C17H26ClN3O2. The van der Waals surface area contributed by atoms with Crippen LogP contribution < -0.4 is 10.6 Å². The second-order valence-corrected chi connectivity index (χ2v) is 6.37. The molecule has 0 bridgehead atoms.